The van der Waals surface area contributed by atoms with Gasteiger partial charge in [-0.05, 0) is 47.0 Å². The average Bonchev–Trinajstić information content (AvgIpc) is 2.30. The van der Waals surface area contributed by atoms with Crippen LogP contribution in [0.4, 0.5) is 0 Å². The molecular formula is C17H34BO4P. The summed E-state index contributed by atoms with van der Waals surface area (Å²) in [6.07, 6.45) is 0.571. The van der Waals surface area contributed by atoms with Crippen LogP contribution in [-0.4, -0.2) is 37.3 Å². The monoisotopic (exact) mass is 344 g/mol. The second kappa shape index (κ2) is 6.16. The van der Waals surface area contributed by atoms with E-state index in [1.165, 1.54) is 6.66 Å². The Balaban J connectivity index is 3.36. The molecule has 134 valence electrons. The molecule has 1 saturated heterocycles. The van der Waals surface area contributed by atoms with Gasteiger partial charge in [-0.1, -0.05) is 27.7 Å². The molecule has 1 rings (SSSR count). The molecule has 1 aliphatic rings. The maximum Gasteiger partial charge on any atom is 0.328 e. The van der Waals surface area contributed by atoms with Crippen molar-refractivity contribution < 1.29 is 18.3 Å². The zero-order valence-corrected chi connectivity index (χ0v) is 17.4. The van der Waals surface area contributed by atoms with Gasteiger partial charge in [0.25, 0.3) is 0 Å². The van der Waals surface area contributed by atoms with Gasteiger partial charge in [0.2, 0.25) is 0 Å². The highest BCUT2D eigenvalue weighted by atomic mass is 31.2. The first-order chi connectivity index (χ1) is 10.00. The molecule has 6 heteroatoms. The Bertz CT molecular complexity index is 489. The van der Waals surface area contributed by atoms with Crippen molar-refractivity contribution in [2.45, 2.75) is 91.5 Å². The molecule has 0 amide bonds. The highest BCUT2D eigenvalue weighted by Crippen LogP contribution is 2.65. The first kappa shape index (κ1) is 21.2. The Morgan fingerprint density at radius 2 is 1.57 bits per heavy atom. The second-order valence-corrected chi connectivity index (χ2v) is 10.6. The normalized spacial score (nSPS) is 39.8. The zero-order chi connectivity index (χ0) is 18.5. The van der Waals surface area contributed by atoms with Crippen LogP contribution in [0.25, 0.3) is 0 Å². The van der Waals surface area contributed by atoms with E-state index >= 15 is 0 Å². The van der Waals surface area contributed by atoms with E-state index in [1.807, 2.05) is 48.5 Å². The fourth-order valence-electron chi connectivity index (χ4n) is 3.79. The van der Waals surface area contributed by atoms with Crippen molar-refractivity contribution in [1.29, 1.82) is 0 Å². The lowest BCUT2D eigenvalue weighted by Crippen LogP contribution is -2.57. The maximum absolute atomic E-state index is 12.9. The molecule has 0 N–H and O–H groups in total. The summed E-state index contributed by atoms with van der Waals surface area (Å²) in [7, 11) is 3.21. The molecule has 0 aromatic heterocycles. The molecular weight excluding hydrogens is 310 g/mol. The predicted molar refractivity (Wildman–Crippen MR) is 96.1 cm³/mol. The second-order valence-electron chi connectivity index (χ2n) is 8.71. The summed E-state index contributed by atoms with van der Waals surface area (Å²) in [6.45, 7) is 19.3. The van der Waals surface area contributed by atoms with Gasteiger partial charge in [-0.25, -0.2) is 0 Å². The topological polar surface area (TPSA) is 44.8 Å². The predicted octanol–water partition coefficient (Wildman–Crippen LogP) is 4.76. The minimum atomic E-state index is -3.26. The van der Waals surface area contributed by atoms with E-state index in [1.54, 1.807) is 0 Å². The average molecular weight is 344 g/mol. The first-order valence-corrected chi connectivity index (χ1v) is 10.4. The number of hydrogen-bond acceptors (Lipinski definition) is 4. The Kier molecular flexibility index (Phi) is 5.68. The van der Waals surface area contributed by atoms with Crippen molar-refractivity contribution in [3.05, 3.63) is 0 Å². The molecule has 0 saturated carbocycles. The lowest BCUT2D eigenvalue weighted by molar-refractivity contribution is -0.125. The number of rotatable bonds is 6. The minimum Gasteiger partial charge on any atom is -0.375 e. The number of hydrogen-bond donors (Lipinski definition) is 0. The third kappa shape index (κ3) is 3.73. The van der Waals surface area contributed by atoms with Crippen LogP contribution >= 0.6 is 7.60 Å². The van der Waals surface area contributed by atoms with Crippen molar-refractivity contribution >= 4 is 15.4 Å². The van der Waals surface area contributed by atoms with Crippen molar-refractivity contribution in [3.63, 3.8) is 0 Å². The Morgan fingerprint density at radius 3 is 1.96 bits per heavy atom. The molecule has 0 aromatic carbocycles. The molecule has 23 heavy (non-hydrogen) atoms. The highest BCUT2D eigenvalue weighted by Gasteiger charge is 2.70. The van der Waals surface area contributed by atoms with Gasteiger partial charge in [0.1, 0.15) is 13.4 Å². The Hall–Kier alpha value is 0.175. The molecule has 0 spiro atoms. The lowest BCUT2D eigenvalue weighted by Gasteiger charge is -2.48. The number of ether oxygens (including phenoxy) is 1. The first-order valence-electron chi connectivity index (χ1n) is 8.45. The molecule has 2 unspecified atom stereocenters. The molecule has 0 aromatic rings. The van der Waals surface area contributed by atoms with Crippen LogP contribution in [0.15, 0.2) is 0 Å². The van der Waals surface area contributed by atoms with Gasteiger partial charge in [-0.3, -0.25) is 9.09 Å². The van der Waals surface area contributed by atoms with Gasteiger partial charge in [-0.2, -0.15) is 0 Å². The fourth-order valence-corrected chi connectivity index (χ4v) is 5.68. The Labute approximate surface area is 144 Å². The smallest absolute Gasteiger partial charge is 0.328 e. The van der Waals surface area contributed by atoms with Gasteiger partial charge >= 0.3 is 7.60 Å². The molecule has 0 aliphatic carbocycles. The largest absolute Gasteiger partial charge is 0.375 e. The third-order valence-electron chi connectivity index (χ3n) is 5.43. The van der Waals surface area contributed by atoms with Crippen molar-refractivity contribution in [1.82, 2.24) is 0 Å². The van der Waals surface area contributed by atoms with Crippen LogP contribution in [0.3, 0.4) is 0 Å². The van der Waals surface area contributed by atoms with E-state index in [9.17, 15) is 4.57 Å². The summed E-state index contributed by atoms with van der Waals surface area (Å²) in [4.78, 5) is 0. The van der Waals surface area contributed by atoms with E-state index < -0.39 is 29.7 Å². The molecule has 1 aliphatic heterocycles. The summed E-state index contributed by atoms with van der Waals surface area (Å²) in [5, 5.41) is 0. The van der Waals surface area contributed by atoms with Gasteiger partial charge in [0.15, 0.2) is 0 Å². The van der Waals surface area contributed by atoms with Gasteiger partial charge < -0.3 is 9.26 Å². The summed E-state index contributed by atoms with van der Waals surface area (Å²) >= 11 is 0. The fraction of sp³-hybridized carbons (Fsp3) is 1.00. The van der Waals surface area contributed by atoms with Crippen LogP contribution in [0.1, 0.15) is 68.7 Å². The van der Waals surface area contributed by atoms with Gasteiger partial charge in [0, 0.05) is 17.6 Å². The zero-order valence-electron chi connectivity index (χ0n) is 16.5. The van der Waals surface area contributed by atoms with Crippen LogP contribution in [-0.2, 0) is 18.3 Å². The Morgan fingerprint density at radius 1 is 1.09 bits per heavy atom. The van der Waals surface area contributed by atoms with Gasteiger partial charge in [0.05, 0.1) is 11.7 Å². The standard InChI is InChI=1S/C17H34BO4P/c1-12(2)11-15(7)16(8,14(5,6)17(9,18)21-15)22-23(10,19)20-13(3)4/h12-13H,11H2,1-10H3/t15-,16?,17-,23?/m1/s1. The summed E-state index contributed by atoms with van der Waals surface area (Å²) in [5.74, 6) is 0.384. The van der Waals surface area contributed by atoms with Crippen LogP contribution in [0, 0.1) is 11.3 Å². The highest BCUT2D eigenvalue weighted by molar-refractivity contribution is 7.53. The van der Waals surface area contributed by atoms with E-state index in [0.29, 0.717) is 5.92 Å². The summed E-state index contributed by atoms with van der Waals surface area (Å²) in [6, 6.07) is 0. The molecule has 4 atom stereocenters. The van der Waals surface area contributed by atoms with Crippen molar-refractivity contribution in [3.8, 4) is 0 Å². The van der Waals surface area contributed by atoms with Crippen molar-refractivity contribution in [2.24, 2.45) is 11.3 Å². The van der Waals surface area contributed by atoms with Gasteiger partial charge in [-0.15, -0.1) is 0 Å². The minimum absolute atomic E-state index is 0.180. The maximum atomic E-state index is 12.9. The molecule has 1 fully saturated rings. The lowest BCUT2D eigenvalue weighted by atomic mass is 9.56. The van der Waals surface area contributed by atoms with Crippen LogP contribution in [0.5, 0.6) is 0 Å². The third-order valence-corrected chi connectivity index (χ3v) is 6.93. The van der Waals surface area contributed by atoms with E-state index in [4.69, 9.17) is 21.6 Å². The summed E-state index contributed by atoms with van der Waals surface area (Å²) < 4.78 is 31.0. The molecule has 0 bridgehead atoms. The molecule has 1 heterocycles. The van der Waals surface area contributed by atoms with Crippen LogP contribution < -0.4 is 0 Å². The SMILES string of the molecule is [B][C@]1(C)O[C@](C)(CC(C)C)C(C)(OP(C)(=O)OC(C)C)C1(C)C. The van der Waals surface area contributed by atoms with E-state index in [2.05, 4.69) is 13.8 Å². The van der Waals surface area contributed by atoms with E-state index in [0.717, 1.165) is 6.42 Å². The molecule has 4 nitrogen and oxygen atoms in total. The van der Waals surface area contributed by atoms with Crippen LogP contribution in [0.2, 0.25) is 0 Å². The quantitative estimate of drug-likeness (QED) is 0.515. The summed E-state index contributed by atoms with van der Waals surface area (Å²) in [5.41, 5.74) is -2.98. The van der Waals surface area contributed by atoms with Crippen molar-refractivity contribution in [2.75, 3.05) is 6.66 Å². The molecule has 2 radical (unpaired) electrons. The van der Waals surface area contributed by atoms with E-state index in [-0.39, 0.29) is 6.10 Å².